The third-order valence-electron chi connectivity index (χ3n) is 1.23. The van der Waals surface area contributed by atoms with E-state index in [9.17, 15) is 4.79 Å². The van der Waals surface area contributed by atoms with Gasteiger partial charge in [-0.25, -0.2) is 4.79 Å². The van der Waals surface area contributed by atoms with Gasteiger partial charge in [0.2, 0.25) is 0 Å². The average molecular weight is 187 g/mol. The van der Waals surface area contributed by atoms with E-state index in [0.29, 0.717) is 10.9 Å². The predicted molar refractivity (Wildman–Crippen MR) is 48.5 cm³/mol. The molecule has 0 fully saturated rings. The second-order valence-corrected chi connectivity index (χ2v) is 2.98. The fourth-order valence-electron chi connectivity index (χ4n) is 0.583. The summed E-state index contributed by atoms with van der Waals surface area (Å²) in [6.07, 6.45) is -0.567. The first-order chi connectivity index (χ1) is 5.74. The molecule has 1 aliphatic rings. The Balaban J connectivity index is 2.47. The molecule has 0 saturated heterocycles. The van der Waals surface area contributed by atoms with Gasteiger partial charge in [0.25, 0.3) is 0 Å². The molecule has 0 aromatic heterocycles. The summed E-state index contributed by atoms with van der Waals surface area (Å²) < 4.78 is 0. The molecule has 1 N–H and O–H groups in total. The molecule has 12 heavy (non-hydrogen) atoms. The highest BCUT2D eigenvalue weighted by molar-refractivity contribution is 8.16. The lowest BCUT2D eigenvalue weighted by atomic mass is 10.5. The summed E-state index contributed by atoms with van der Waals surface area (Å²) in [6.45, 7) is 1.83. The quantitative estimate of drug-likeness (QED) is 0.488. The van der Waals surface area contributed by atoms with Gasteiger partial charge >= 0.3 is 6.09 Å². The van der Waals surface area contributed by atoms with Gasteiger partial charge in [-0.05, 0) is 6.92 Å². The Morgan fingerprint density at radius 1 is 1.83 bits per heavy atom. The van der Waals surface area contributed by atoms with Gasteiger partial charge in [0.15, 0.2) is 5.04 Å². The van der Waals surface area contributed by atoms with Gasteiger partial charge in [-0.3, -0.25) is 9.83 Å². The molecular formula is C6H9N3O2S. The van der Waals surface area contributed by atoms with E-state index in [0.717, 1.165) is 5.71 Å². The Morgan fingerprint density at radius 3 is 3.08 bits per heavy atom. The third kappa shape index (κ3) is 2.23. The van der Waals surface area contributed by atoms with E-state index >= 15 is 0 Å². The van der Waals surface area contributed by atoms with Crippen molar-refractivity contribution in [3.8, 4) is 0 Å². The summed E-state index contributed by atoms with van der Waals surface area (Å²) in [5.74, 6) is 0.655. The van der Waals surface area contributed by atoms with Crippen LogP contribution in [0.1, 0.15) is 6.92 Å². The maximum atomic E-state index is 10.6. The zero-order valence-corrected chi connectivity index (χ0v) is 7.64. The standard InChI is InChI=1S/C6H9N3O2S/c1-4-5(12-3-8-4)9-11-6(10)7-2/h3H2,1-2H3,(H,7,10). The van der Waals surface area contributed by atoms with Gasteiger partial charge in [-0.15, -0.1) is 0 Å². The Hall–Kier alpha value is -1.04. The van der Waals surface area contributed by atoms with Crippen molar-refractivity contribution < 1.29 is 9.63 Å². The van der Waals surface area contributed by atoms with Crippen molar-refractivity contribution in [2.45, 2.75) is 6.92 Å². The molecule has 0 spiro atoms. The predicted octanol–water partition coefficient (Wildman–Crippen LogP) is 0.821. The van der Waals surface area contributed by atoms with Crippen LogP contribution >= 0.6 is 11.8 Å². The number of hydrogen-bond acceptors (Lipinski definition) is 5. The number of rotatable bonds is 1. The molecule has 0 atom stereocenters. The summed E-state index contributed by atoms with van der Waals surface area (Å²) in [6, 6.07) is 0. The fourth-order valence-corrected chi connectivity index (χ4v) is 1.33. The summed E-state index contributed by atoms with van der Waals surface area (Å²) in [4.78, 5) is 19.1. The molecule has 1 rings (SSSR count). The van der Waals surface area contributed by atoms with Crippen LogP contribution in [0.3, 0.4) is 0 Å². The number of thioether (sulfide) groups is 1. The van der Waals surface area contributed by atoms with Crippen LogP contribution in [0.25, 0.3) is 0 Å². The second kappa shape index (κ2) is 4.10. The highest BCUT2D eigenvalue weighted by Crippen LogP contribution is 2.14. The van der Waals surface area contributed by atoms with Crippen molar-refractivity contribution in [1.82, 2.24) is 5.32 Å². The van der Waals surface area contributed by atoms with Crippen LogP contribution < -0.4 is 5.32 Å². The van der Waals surface area contributed by atoms with Gasteiger partial charge in [0, 0.05) is 7.05 Å². The largest absolute Gasteiger partial charge is 0.433 e. The third-order valence-corrected chi connectivity index (χ3v) is 2.13. The van der Waals surface area contributed by atoms with Crippen LogP contribution in [0, 0.1) is 0 Å². The van der Waals surface area contributed by atoms with Gasteiger partial charge in [0.05, 0.1) is 11.6 Å². The Labute approximate surface area is 74.3 Å². The summed E-state index contributed by atoms with van der Waals surface area (Å²) >= 11 is 1.44. The second-order valence-electron chi connectivity index (χ2n) is 2.04. The zero-order valence-electron chi connectivity index (χ0n) is 6.83. The Bertz CT molecular complexity index is 249. The van der Waals surface area contributed by atoms with Gasteiger partial charge in [0.1, 0.15) is 0 Å². The molecule has 6 heteroatoms. The minimum atomic E-state index is -0.567. The number of nitrogens with one attached hydrogen (secondary N) is 1. The molecule has 5 nitrogen and oxygen atoms in total. The molecule has 1 aliphatic heterocycles. The maximum Gasteiger partial charge on any atom is 0.433 e. The average Bonchev–Trinajstić information content (AvgIpc) is 2.47. The van der Waals surface area contributed by atoms with E-state index in [1.165, 1.54) is 18.8 Å². The number of hydrogen-bond donors (Lipinski definition) is 1. The van der Waals surface area contributed by atoms with Crippen molar-refractivity contribution in [3.05, 3.63) is 0 Å². The molecule has 1 heterocycles. The molecule has 0 radical (unpaired) electrons. The smallest absolute Gasteiger partial charge is 0.323 e. The van der Waals surface area contributed by atoms with Gasteiger partial charge < -0.3 is 5.32 Å². The van der Waals surface area contributed by atoms with E-state index in [1.807, 2.05) is 6.92 Å². The molecule has 0 unspecified atom stereocenters. The Morgan fingerprint density at radius 2 is 2.58 bits per heavy atom. The maximum absolute atomic E-state index is 10.6. The lowest BCUT2D eigenvalue weighted by Gasteiger charge is -1.96. The first kappa shape index (κ1) is 9.05. The number of carbonyl (C=O) groups is 1. The van der Waals surface area contributed by atoms with Crippen LogP contribution in [-0.2, 0) is 4.84 Å². The minimum Gasteiger partial charge on any atom is -0.323 e. The molecular weight excluding hydrogens is 178 g/mol. The first-order valence-electron chi connectivity index (χ1n) is 3.35. The molecule has 0 aliphatic carbocycles. The van der Waals surface area contributed by atoms with E-state index in [2.05, 4.69) is 20.3 Å². The van der Waals surface area contributed by atoms with E-state index < -0.39 is 6.09 Å². The van der Waals surface area contributed by atoms with Crippen molar-refractivity contribution in [2.75, 3.05) is 12.9 Å². The van der Waals surface area contributed by atoms with Crippen LogP contribution in [-0.4, -0.2) is 29.8 Å². The van der Waals surface area contributed by atoms with Crippen molar-refractivity contribution in [2.24, 2.45) is 10.1 Å². The molecule has 1 amide bonds. The number of amides is 1. The van der Waals surface area contributed by atoms with E-state index in [-0.39, 0.29) is 0 Å². The summed E-state index contributed by atoms with van der Waals surface area (Å²) in [5, 5.41) is 6.56. The van der Waals surface area contributed by atoms with E-state index in [1.54, 1.807) is 0 Å². The number of nitrogens with zero attached hydrogens (tertiary/aromatic N) is 2. The highest BCUT2D eigenvalue weighted by atomic mass is 32.2. The van der Waals surface area contributed by atoms with Gasteiger partial charge in [-0.2, -0.15) is 0 Å². The normalized spacial score (nSPS) is 19.2. The zero-order chi connectivity index (χ0) is 8.97. The van der Waals surface area contributed by atoms with Crippen LogP contribution in [0.15, 0.2) is 10.1 Å². The van der Waals surface area contributed by atoms with Crippen LogP contribution in [0.5, 0.6) is 0 Å². The topological polar surface area (TPSA) is 63.0 Å². The summed E-state index contributed by atoms with van der Waals surface area (Å²) in [7, 11) is 1.48. The molecule has 0 saturated carbocycles. The number of oxime groups is 1. The van der Waals surface area contributed by atoms with Crippen molar-refractivity contribution >= 4 is 28.6 Å². The Kier molecular flexibility index (Phi) is 3.09. The van der Waals surface area contributed by atoms with Crippen LogP contribution in [0.2, 0.25) is 0 Å². The molecule has 0 bridgehead atoms. The number of carbonyl (C=O) groups excluding carboxylic acids is 1. The fraction of sp³-hybridized carbons (Fsp3) is 0.500. The molecule has 0 aromatic carbocycles. The molecule has 66 valence electrons. The number of aliphatic imine (C=N–C) groups is 1. The summed E-state index contributed by atoms with van der Waals surface area (Å²) in [5.41, 5.74) is 0.809. The van der Waals surface area contributed by atoms with Crippen LogP contribution in [0.4, 0.5) is 4.79 Å². The minimum absolute atomic E-state index is 0.567. The SMILES string of the molecule is CNC(=O)ON=C1SCN=C1C. The van der Waals surface area contributed by atoms with Crippen molar-refractivity contribution in [1.29, 1.82) is 0 Å². The monoisotopic (exact) mass is 187 g/mol. The lowest BCUT2D eigenvalue weighted by Crippen LogP contribution is -2.17. The van der Waals surface area contributed by atoms with Crippen molar-refractivity contribution in [3.63, 3.8) is 0 Å². The molecule has 0 aromatic rings. The van der Waals surface area contributed by atoms with Gasteiger partial charge in [-0.1, -0.05) is 16.9 Å². The lowest BCUT2D eigenvalue weighted by molar-refractivity contribution is 0.154. The first-order valence-corrected chi connectivity index (χ1v) is 4.33. The van der Waals surface area contributed by atoms with E-state index in [4.69, 9.17) is 0 Å². The highest BCUT2D eigenvalue weighted by Gasteiger charge is 2.12.